The molecule has 2 aromatic rings. The number of carbonyl (C=O) groups is 2. The minimum absolute atomic E-state index is 0.0809. The van der Waals surface area contributed by atoms with E-state index in [-0.39, 0.29) is 30.0 Å². The molecule has 180 valence electrons. The molecule has 11 heteroatoms. The van der Waals surface area contributed by atoms with E-state index in [2.05, 4.69) is 20.3 Å². The summed E-state index contributed by atoms with van der Waals surface area (Å²) in [5.74, 6) is 0.0202. The maximum atomic E-state index is 15.0. The lowest BCUT2D eigenvalue weighted by Gasteiger charge is -2.31. The third-order valence-corrected chi connectivity index (χ3v) is 5.98. The number of aliphatic imine (C=N–C) groups is 1. The maximum absolute atomic E-state index is 15.0. The van der Waals surface area contributed by atoms with Crippen LogP contribution in [0.4, 0.5) is 9.18 Å². The molecule has 1 aromatic carbocycles. The zero-order valence-electron chi connectivity index (χ0n) is 18.7. The van der Waals surface area contributed by atoms with E-state index in [1.165, 1.54) is 12.4 Å². The minimum Gasteiger partial charge on any atom is -0.463 e. The molecule has 0 spiro atoms. The number of nitrogens with zero attached hydrogens (tertiary/aromatic N) is 4. The molecule has 1 saturated heterocycles. The molecule has 1 aliphatic carbocycles. The van der Waals surface area contributed by atoms with Crippen molar-refractivity contribution in [3.63, 3.8) is 0 Å². The molecule has 1 aliphatic heterocycles. The molecule has 5 N–H and O–H groups in total. The number of piperidine rings is 1. The highest BCUT2D eigenvalue weighted by Gasteiger charge is 2.35. The molecule has 10 nitrogen and oxygen atoms in total. The molecule has 0 unspecified atom stereocenters. The highest BCUT2D eigenvalue weighted by atomic mass is 19.1. The Hall–Kier alpha value is -3.76. The number of halogens is 1. The van der Waals surface area contributed by atoms with Crippen LogP contribution < -0.4 is 21.5 Å². The lowest BCUT2D eigenvalue weighted by atomic mass is 9.97. The van der Waals surface area contributed by atoms with Crippen LogP contribution in [-0.4, -0.2) is 52.5 Å². The second-order valence-electron chi connectivity index (χ2n) is 8.58. The number of benzene rings is 1. The van der Waals surface area contributed by atoms with Crippen LogP contribution in [0.25, 0.3) is 11.1 Å². The average Bonchev–Trinajstić information content (AvgIpc) is 3.68. The normalized spacial score (nSPS) is 16.1. The van der Waals surface area contributed by atoms with Crippen molar-refractivity contribution in [1.82, 2.24) is 20.2 Å². The first-order valence-electron chi connectivity index (χ1n) is 11.3. The van der Waals surface area contributed by atoms with Gasteiger partial charge in [0.25, 0.3) is 0 Å². The predicted molar refractivity (Wildman–Crippen MR) is 123 cm³/mol. The highest BCUT2D eigenvalue weighted by molar-refractivity contribution is 5.90. The van der Waals surface area contributed by atoms with Crippen molar-refractivity contribution < 1.29 is 18.7 Å². The summed E-state index contributed by atoms with van der Waals surface area (Å²) in [7, 11) is 0. The van der Waals surface area contributed by atoms with E-state index in [1.807, 2.05) is 4.90 Å². The molecule has 34 heavy (non-hydrogen) atoms. The number of likely N-dealkylation sites (tertiary alicyclic amines) is 1. The summed E-state index contributed by atoms with van der Waals surface area (Å²) in [6, 6.07) is 4.30. The van der Waals surface area contributed by atoms with Crippen molar-refractivity contribution >= 4 is 17.9 Å². The second-order valence-corrected chi connectivity index (χ2v) is 8.58. The fourth-order valence-corrected chi connectivity index (χ4v) is 3.90. The first-order valence-corrected chi connectivity index (χ1v) is 11.3. The molecular weight excluding hydrogens is 441 g/mol. The van der Waals surface area contributed by atoms with Crippen LogP contribution in [0.3, 0.4) is 0 Å². The number of hydrogen-bond donors (Lipinski definition) is 3. The lowest BCUT2D eigenvalue weighted by molar-refractivity contribution is -0.134. The van der Waals surface area contributed by atoms with Gasteiger partial charge in [-0.15, -0.1) is 0 Å². The van der Waals surface area contributed by atoms with Crippen LogP contribution in [0.5, 0.6) is 6.01 Å². The van der Waals surface area contributed by atoms with Gasteiger partial charge in [-0.3, -0.25) is 4.79 Å². The van der Waals surface area contributed by atoms with Crippen molar-refractivity contribution in [2.75, 3.05) is 19.7 Å². The van der Waals surface area contributed by atoms with Crippen LogP contribution in [0.2, 0.25) is 0 Å². The van der Waals surface area contributed by atoms with Crippen molar-refractivity contribution in [3.8, 4) is 17.1 Å². The Morgan fingerprint density at radius 3 is 2.50 bits per heavy atom. The van der Waals surface area contributed by atoms with Crippen molar-refractivity contribution in [1.29, 1.82) is 0 Å². The van der Waals surface area contributed by atoms with E-state index in [1.54, 1.807) is 18.2 Å². The molecule has 2 heterocycles. The third kappa shape index (κ3) is 5.97. The number of hydrogen-bond acceptors (Lipinski definition) is 5. The Labute approximate surface area is 196 Å². The van der Waals surface area contributed by atoms with E-state index < -0.39 is 11.8 Å². The summed E-state index contributed by atoms with van der Waals surface area (Å²) in [5.41, 5.74) is 11.3. The quantitative estimate of drug-likeness (QED) is 0.413. The number of rotatable bonds is 7. The van der Waals surface area contributed by atoms with Gasteiger partial charge in [-0.1, -0.05) is 18.2 Å². The molecule has 4 rings (SSSR count). The van der Waals surface area contributed by atoms with Crippen molar-refractivity contribution in [2.45, 2.75) is 32.2 Å². The standard InChI is InChI=1S/C23H28FN7O3/c24-19-16(10-27-22(33)30-21(25)26)2-1-3-18(19)17-11-28-23(29-12-17)34-13-14-6-8-31(9-7-14)20(32)15-4-5-15/h1-3,11-12,14-15H,4-10,13H2,(H5,25,26,27,30,33). The molecular formula is C23H28FN7O3. The molecule has 0 radical (unpaired) electrons. The SMILES string of the molecule is NC(N)=NC(=O)NCc1cccc(-c2cnc(OCC3CCN(C(=O)C4CC4)CC3)nc2)c1F. The third-order valence-electron chi connectivity index (χ3n) is 5.98. The van der Waals surface area contributed by atoms with Gasteiger partial charge in [-0.2, -0.15) is 4.99 Å². The first kappa shape index (κ1) is 23.4. The Kier molecular flexibility index (Phi) is 7.19. The molecule has 3 amide bonds. The Morgan fingerprint density at radius 2 is 1.85 bits per heavy atom. The predicted octanol–water partition coefficient (Wildman–Crippen LogP) is 1.79. The number of nitrogens with two attached hydrogens (primary N) is 2. The summed E-state index contributed by atoms with van der Waals surface area (Å²) in [5, 5.41) is 2.42. The van der Waals surface area contributed by atoms with E-state index in [4.69, 9.17) is 16.2 Å². The Bertz CT molecular complexity index is 1060. The molecule has 0 atom stereocenters. The highest BCUT2D eigenvalue weighted by Crippen LogP contribution is 2.32. The Morgan fingerprint density at radius 1 is 1.15 bits per heavy atom. The van der Waals surface area contributed by atoms with Crippen LogP contribution in [0.15, 0.2) is 35.6 Å². The lowest BCUT2D eigenvalue weighted by Crippen LogP contribution is -2.40. The number of nitrogens with one attached hydrogen (secondary N) is 1. The number of aromatic nitrogens is 2. The summed E-state index contributed by atoms with van der Waals surface area (Å²) >= 11 is 0. The maximum Gasteiger partial charge on any atom is 0.344 e. The average molecular weight is 470 g/mol. The number of amides is 3. The van der Waals surface area contributed by atoms with E-state index in [0.29, 0.717) is 29.6 Å². The largest absolute Gasteiger partial charge is 0.463 e. The smallest absolute Gasteiger partial charge is 0.344 e. The monoisotopic (exact) mass is 469 g/mol. The van der Waals surface area contributed by atoms with Crippen LogP contribution in [0, 0.1) is 17.7 Å². The van der Waals surface area contributed by atoms with E-state index in [0.717, 1.165) is 38.8 Å². The van der Waals surface area contributed by atoms with Gasteiger partial charge >= 0.3 is 12.0 Å². The summed E-state index contributed by atoms with van der Waals surface area (Å²) in [4.78, 5) is 37.4. The first-order chi connectivity index (χ1) is 16.4. The van der Waals surface area contributed by atoms with E-state index >= 15 is 0 Å². The fraction of sp³-hybridized carbons (Fsp3) is 0.435. The fourth-order valence-electron chi connectivity index (χ4n) is 3.90. The van der Waals surface area contributed by atoms with Gasteiger partial charge in [0.1, 0.15) is 5.82 Å². The second kappa shape index (κ2) is 10.4. The van der Waals surface area contributed by atoms with Gasteiger partial charge in [-0.05, 0) is 31.6 Å². The van der Waals surface area contributed by atoms with Crippen molar-refractivity contribution in [3.05, 3.63) is 42.0 Å². The molecule has 1 aromatic heterocycles. The van der Waals surface area contributed by atoms with Crippen molar-refractivity contribution in [2.24, 2.45) is 28.3 Å². The van der Waals surface area contributed by atoms with Gasteiger partial charge in [-0.25, -0.2) is 19.2 Å². The number of carbonyl (C=O) groups excluding carboxylic acids is 2. The van der Waals surface area contributed by atoms with Crippen LogP contribution in [-0.2, 0) is 11.3 Å². The molecule has 1 saturated carbocycles. The summed E-state index contributed by atoms with van der Waals surface area (Å²) in [6.07, 6.45) is 6.85. The topological polar surface area (TPSA) is 149 Å². The van der Waals surface area contributed by atoms with Gasteiger partial charge in [0.05, 0.1) is 6.61 Å². The molecule has 2 aliphatic rings. The van der Waals surface area contributed by atoms with Gasteiger partial charge in [0, 0.05) is 54.6 Å². The van der Waals surface area contributed by atoms with Gasteiger partial charge in [0.2, 0.25) is 5.91 Å². The van der Waals surface area contributed by atoms with Gasteiger partial charge in [0.15, 0.2) is 5.96 Å². The molecule has 0 bridgehead atoms. The zero-order valence-corrected chi connectivity index (χ0v) is 18.7. The van der Waals surface area contributed by atoms with Gasteiger partial charge < -0.3 is 26.4 Å². The van der Waals surface area contributed by atoms with Crippen LogP contribution in [0.1, 0.15) is 31.2 Å². The Balaban J connectivity index is 1.30. The zero-order chi connectivity index (χ0) is 24.1. The molecule has 2 fully saturated rings. The summed E-state index contributed by atoms with van der Waals surface area (Å²) in [6.45, 7) is 1.93. The number of urea groups is 1. The van der Waals surface area contributed by atoms with E-state index in [9.17, 15) is 14.0 Å². The number of ether oxygens (including phenoxy) is 1. The minimum atomic E-state index is -0.755. The van der Waals surface area contributed by atoms with Crippen LogP contribution >= 0.6 is 0 Å². The summed E-state index contributed by atoms with van der Waals surface area (Å²) < 4.78 is 20.7. The number of guanidine groups is 1.